The lowest BCUT2D eigenvalue weighted by Gasteiger charge is -2.06. The SMILES string of the molecule is Cc1ncc(-c2nc(-c3cscn3)nn2Cc2ccccc2F)c(=O)[nH]1. The van der Waals surface area contributed by atoms with E-state index in [9.17, 15) is 9.18 Å². The highest BCUT2D eigenvalue weighted by molar-refractivity contribution is 7.07. The Bertz CT molecular complexity index is 1120. The number of H-pyrrole nitrogens is 1. The molecular formula is C17H13FN6OS. The Morgan fingerprint density at radius 1 is 1.27 bits per heavy atom. The van der Waals surface area contributed by atoms with E-state index in [4.69, 9.17) is 0 Å². The van der Waals surface area contributed by atoms with Crippen LogP contribution in [0.1, 0.15) is 11.4 Å². The van der Waals surface area contributed by atoms with Crippen LogP contribution in [0.25, 0.3) is 22.9 Å². The maximum atomic E-state index is 14.1. The number of halogens is 1. The topological polar surface area (TPSA) is 89.3 Å². The lowest BCUT2D eigenvalue weighted by molar-refractivity contribution is 0.587. The predicted molar refractivity (Wildman–Crippen MR) is 95.2 cm³/mol. The van der Waals surface area contributed by atoms with E-state index in [0.29, 0.717) is 28.7 Å². The lowest BCUT2D eigenvalue weighted by Crippen LogP contribution is -2.15. The molecule has 0 atom stereocenters. The fourth-order valence-electron chi connectivity index (χ4n) is 2.51. The van der Waals surface area contributed by atoms with Gasteiger partial charge in [-0.1, -0.05) is 18.2 Å². The molecule has 0 aliphatic heterocycles. The first kappa shape index (κ1) is 16.3. The third-order valence-electron chi connectivity index (χ3n) is 3.78. The Balaban J connectivity index is 1.86. The Morgan fingerprint density at radius 2 is 2.12 bits per heavy atom. The molecule has 9 heteroatoms. The number of aromatic amines is 1. The van der Waals surface area contributed by atoms with Gasteiger partial charge in [-0.3, -0.25) is 4.79 Å². The minimum Gasteiger partial charge on any atom is -0.310 e. The molecule has 0 radical (unpaired) electrons. The lowest BCUT2D eigenvalue weighted by atomic mass is 10.2. The van der Waals surface area contributed by atoms with Gasteiger partial charge in [-0.05, 0) is 13.0 Å². The van der Waals surface area contributed by atoms with Gasteiger partial charge in [0.15, 0.2) is 5.82 Å². The number of nitrogens with one attached hydrogen (secondary N) is 1. The Labute approximate surface area is 151 Å². The zero-order chi connectivity index (χ0) is 18.1. The number of thiazole rings is 1. The highest BCUT2D eigenvalue weighted by atomic mass is 32.1. The van der Waals surface area contributed by atoms with Gasteiger partial charge in [-0.2, -0.15) is 0 Å². The fourth-order valence-corrected chi connectivity index (χ4v) is 3.04. The molecule has 0 amide bonds. The predicted octanol–water partition coefficient (Wildman–Crippen LogP) is 2.65. The van der Waals surface area contributed by atoms with Crippen LogP contribution in [-0.4, -0.2) is 29.7 Å². The molecule has 0 saturated carbocycles. The number of rotatable bonds is 4. The van der Waals surface area contributed by atoms with Crippen LogP contribution < -0.4 is 5.56 Å². The second-order valence-corrected chi connectivity index (χ2v) is 6.31. The van der Waals surface area contributed by atoms with Crippen molar-refractivity contribution in [2.45, 2.75) is 13.5 Å². The van der Waals surface area contributed by atoms with Crippen LogP contribution in [-0.2, 0) is 6.54 Å². The largest absolute Gasteiger partial charge is 0.310 e. The van der Waals surface area contributed by atoms with Crippen molar-refractivity contribution in [1.82, 2.24) is 29.7 Å². The average molecular weight is 368 g/mol. The molecule has 4 aromatic rings. The molecule has 0 fully saturated rings. The van der Waals surface area contributed by atoms with E-state index in [-0.39, 0.29) is 23.5 Å². The summed E-state index contributed by atoms with van der Waals surface area (Å²) in [7, 11) is 0. The normalized spacial score (nSPS) is 11.0. The molecule has 26 heavy (non-hydrogen) atoms. The maximum Gasteiger partial charge on any atom is 0.261 e. The van der Waals surface area contributed by atoms with E-state index in [2.05, 4.69) is 25.0 Å². The van der Waals surface area contributed by atoms with Gasteiger partial charge in [0, 0.05) is 17.1 Å². The van der Waals surface area contributed by atoms with Gasteiger partial charge in [0.25, 0.3) is 5.56 Å². The molecule has 1 aromatic carbocycles. The molecule has 3 aromatic heterocycles. The number of aromatic nitrogens is 6. The Morgan fingerprint density at radius 3 is 2.85 bits per heavy atom. The van der Waals surface area contributed by atoms with Gasteiger partial charge in [-0.15, -0.1) is 16.4 Å². The van der Waals surface area contributed by atoms with Crippen LogP contribution >= 0.6 is 11.3 Å². The Hall–Kier alpha value is -3.20. The molecule has 0 unspecified atom stereocenters. The first-order valence-electron chi connectivity index (χ1n) is 7.75. The molecule has 3 heterocycles. The standard InChI is InChI=1S/C17H13FN6OS/c1-10-19-6-12(17(25)21-10)16-22-15(14-8-26-9-20-14)23-24(16)7-11-4-2-3-5-13(11)18/h2-6,8-9H,7H2,1H3,(H,19,21,25). The smallest absolute Gasteiger partial charge is 0.261 e. The van der Waals surface area contributed by atoms with E-state index in [0.717, 1.165) is 0 Å². The van der Waals surface area contributed by atoms with Crippen molar-refractivity contribution in [3.8, 4) is 22.9 Å². The van der Waals surface area contributed by atoms with Crippen molar-refractivity contribution >= 4 is 11.3 Å². The molecule has 0 spiro atoms. The van der Waals surface area contributed by atoms with E-state index < -0.39 is 0 Å². The van der Waals surface area contributed by atoms with Crippen molar-refractivity contribution in [2.24, 2.45) is 0 Å². The molecule has 0 bridgehead atoms. The highest BCUT2D eigenvalue weighted by Gasteiger charge is 2.18. The molecule has 4 rings (SSSR count). The van der Waals surface area contributed by atoms with Crippen LogP contribution in [0.15, 0.2) is 46.1 Å². The van der Waals surface area contributed by atoms with E-state index >= 15 is 0 Å². The first-order valence-corrected chi connectivity index (χ1v) is 8.69. The number of nitrogens with zero attached hydrogens (tertiary/aromatic N) is 5. The third kappa shape index (κ3) is 3.04. The van der Waals surface area contributed by atoms with E-state index in [1.807, 2.05) is 5.38 Å². The van der Waals surface area contributed by atoms with Gasteiger partial charge in [0.2, 0.25) is 5.82 Å². The molecule has 7 nitrogen and oxygen atoms in total. The number of benzene rings is 1. The van der Waals surface area contributed by atoms with Gasteiger partial charge in [-0.25, -0.2) is 24.0 Å². The van der Waals surface area contributed by atoms with Crippen molar-refractivity contribution in [3.05, 3.63) is 68.9 Å². The molecule has 130 valence electrons. The summed E-state index contributed by atoms with van der Waals surface area (Å²) in [5.74, 6) is 0.835. The van der Waals surface area contributed by atoms with Crippen LogP contribution in [0.2, 0.25) is 0 Å². The summed E-state index contributed by atoms with van der Waals surface area (Å²) in [5.41, 5.74) is 2.65. The van der Waals surface area contributed by atoms with Gasteiger partial charge >= 0.3 is 0 Å². The monoisotopic (exact) mass is 368 g/mol. The summed E-state index contributed by atoms with van der Waals surface area (Å²) in [6.07, 6.45) is 1.45. The Kier molecular flexibility index (Phi) is 4.13. The molecular weight excluding hydrogens is 355 g/mol. The van der Waals surface area contributed by atoms with Gasteiger partial charge in [0.1, 0.15) is 22.9 Å². The van der Waals surface area contributed by atoms with Crippen molar-refractivity contribution in [1.29, 1.82) is 0 Å². The van der Waals surface area contributed by atoms with Gasteiger partial charge < -0.3 is 4.98 Å². The molecule has 0 aliphatic rings. The molecule has 1 N–H and O–H groups in total. The fraction of sp³-hybridized carbons (Fsp3) is 0.118. The van der Waals surface area contributed by atoms with E-state index in [1.54, 1.807) is 30.6 Å². The van der Waals surface area contributed by atoms with Crippen LogP contribution in [0.5, 0.6) is 0 Å². The molecule has 0 saturated heterocycles. The minimum atomic E-state index is -0.347. The second kappa shape index (κ2) is 6.60. The summed E-state index contributed by atoms with van der Waals surface area (Å²) >= 11 is 1.42. The zero-order valence-electron chi connectivity index (χ0n) is 13.7. The maximum absolute atomic E-state index is 14.1. The summed E-state index contributed by atoms with van der Waals surface area (Å²) in [6.45, 7) is 1.82. The third-order valence-corrected chi connectivity index (χ3v) is 4.36. The van der Waals surface area contributed by atoms with Crippen molar-refractivity contribution in [3.63, 3.8) is 0 Å². The molecule has 0 aliphatic carbocycles. The van der Waals surface area contributed by atoms with E-state index in [1.165, 1.54) is 28.3 Å². The summed E-state index contributed by atoms with van der Waals surface area (Å²) in [4.78, 5) is 27.8. The zero-order valence-corrected chi connectivity index (χ0v) is 14.5. The second-order valence-electron chi connectivity index (χ2n) is 5.59. The van der Waals surface area contributed by atoms with Crippen molar-refractivity contribution in [2.75, 3.05) is 0 Å². The summed E-state index contributed by atoms with van der Waals surface area (Å²) < 4.78 is 15.6. The quantitative estimate of drug-likeness (QED) is 0.598. The average Bonchev–Trinajstić information content (AvgIpc) is 3.27. The van der Waals surface area contributed by atoms with Crippen LogP contribution in [0, 0.1) is 12.7 Å². The number of aryl methyl sites for hydroxylation is 1. The van der Waals surface area contributed by atoms with Gasteiger partial charge in [0.05, 0.1) is 12.1 Å². The van der Waals surface area contributed by atoms with Crippen molar-refractivity contribution < 1.29 is 4.39 Å². The van der Waals surface area contributed by atoms with Crippen LogP contribution in [0.3, 0.4) is 0 Å². The van der Waals surface area contributed by atoms with Crippen LogP contribution in [0.4, 0.5) is 4.39 Å². The summed E-state index contributed by atoms with van der Waals surface area (Å²) in [5, 5.41) is 6.24. The first-order chi connectivity index (χ1) is 12.6. The minimum absolute atomic E-state index is 0.131. The highest BCUT2D eigenvalue weighted by Crippen LogP contribution is 2.21. The number of hydrogen-bond acceptors (Lipinski definition) is 6. The summed E-state index contributed by atoms with van der Waals surface area (Å²) in [6, 6.07) is 6.42. The number of hydrogen-bond donors (Lipinski definition) is 1.